The fraction of sp³-hybridized carbons (Fsp3) is 0.231. The topological polar surface area (TPSA) is 85.1 Å². The number of aromatic nitrogens is 2. The molecule has 0 atom stereocenters. The van der Waals surface area contributed by atoms with Crippen molar-refractivity contribution in [1.82, 2.24) is 9.97 Å². The van der Waals surface area contributed by atoms with Gasteiger partial charge in [-0.15, -0.1) is 0 Å². The van der Waals surface area contributed by atoms with Gasteiger partial charge >= 0.3 is 0 Å². The van der Waals surface area contributed by atoms with Gasteiger partial charge in [-0.1, -0.05) is 12.1 Å². The zero-order valence-corrected chi connectivity index (χ0v) is 10.8. The average molecular weight is 259 g/mol. The Morgan fingerprint density at radius 2 is 2.00 bits per heavy atom. The number of rotatable bonds is 6. The molecule has 0 spiro atoms. The highest BCUT2D eigenvalue weighted by Crippen LogP contribution is 2.26. The van der Waals surface area contributed by atoms with E-state index in [1.807, 2.05) is 30.3 Å². The number of nitrogens with zero attached hydrogens (tertiary/aromatic N) is 2. The quantitative estimate of drug-likeness (QED) is 0.730. The van der Waals surface area contributed by atoms with E-state index >= 15 is 0 Å². The van der Waals surface area contributed by atoms with Gasteiger partial charge in [0.05, 0.1) is 12.8 Å². The van der Waals surface area contributed by atoms with Crippen LogP contribution in [0.1, 0.15) is 0 Å². The number of ether oxygens (including phenoxy) is 1. The predicted octanol–water partition coefficient (Wildman–Crippen LogP) is 1.60. The molecule has 0 bridgehead atoms. The first-order valence-corrected chi connectivity index (χ1v) is 5.99. The number of nitrogens with two attached hydrogens (primary N) is 1. The van der Waals surface area contributed by atoms with Gasteiger partial charge in [-0.2, -0.15) is 0 Å². The molecule has 1 heterocycles. The average Bonchev–Trinajstić information content (AvgIpc) is 2.46. The highest BCUT2D eigenvalue weighted by molar-refractivity contribution is 5.65. The van der Waals surface area contributed by atoms with Crippen LogP contribution in [0, 0.1) is 0 Å². The molecule has 2 rings (SSSR count). The molecule has 0 fully saturated rings. The Morgan fingerprint density at radius 3 is 2.79 bits per heavy atom. The third kappa shape index (κ3) is 3.56. The number of anilines is 3. The number of hydrogen-bond donors (Lipinski definition) is 3. The van der Waals surface area contributed by atoms with Crippen molar-refractivity contribution < 1.29 is 4.74 Å². The van der Waals surface area contributed by atoms with Gasteiger partial charge in [0.15, 0.2) is 0 Å². The van der Waals surface area contributed by atoms with Gasteiger partial charge in [0.25, 0.3) is 0 Å². The summed E-state index contributed by atoms with van der Waals surface area (Å²) in [6.45, 7) is 1.23. The zero-order chi connectivity index (χ0) is 13.5. The molecule has 4 N–H and O–H groups in total. The maximum Gasteiger partial charge on any atom is 0.142 e. The zero-order valence-electron chi connectivity index (χ0n) is 10.8. The Labute approximate surface area is 112 Å². The van der Waals surface area contributed by atoms with Crippen LogP contribution in [0.3, 0.4) is 0 Å². The second kappa shape index (κ2) is 6.55. The van der Waals surface area contributed by atoms with Crippen LogP contribution in [0.2, 0.25) is 0 Å². The molecule has 0 aliphatic carbocycles. The van der Waals surface area contributed by atoms with Crippen molar-refractivity contribution in [3.63, 3.8) is 0 Å². The van der Waals surface area contributed by atoms with Gasteiger partial charge < -0.3 is 21.1 Å². The Kier molecular flexibility index (Phi) is 4.52. The van der Waals surface area contributed by atoms with Gasteiger partial charge in [0.2, 0.25) is 0 Å². The smallest absolute Gasteiger partial charge is 0.142 e. The molecule has 19 heavy (non-hydrogen) atoms. The van der Waals surface area contributed by atoms with E-state index < -0.39 is 0 Å². The normalized spacial score (nSPS) is 10.0. The Balaban J connectivity index is 2.14. The second-order valence-electron chi connectivity index (χ2n) is 3.83. The van der Waals surface area contributed by atoms with Crippen LogP contribution in [-0.4, -0.2) is 30.2 Å². The minimum Gasteiger partial charge on any atom is -0.495 e. The minimum absolute atomic E-state index is 0.555. The van der Waals surface area contributed by atoms with E-state index in [4.69, 9.17) is 10.5 Å². The molecule has 6 heteroatoms. The summed E-state index contributed by atoms with van der Waals surface area (Å²) < 4.78 is 5.27. The first-order valence-electron chi connectivity index (χ1n) is 5.99. The van der Waals surface area contributed by atoms with Crippen LogP contribution >= 0.6 is 0 Å². The summed E-state index contributed by atoms with van der Waals surface area (Å²) in [5, 5.41) is 6.29. The summed E-state index contributed by atoms with van der Waals surface area (Å²) in [5.74, 6) is 2.19. The molecule has 0 saturated heterocycles. The fourth-order valence-electron chi connectivity index (χ4n) is 1.61. The van der Waals surface area contributed by atoms with Crippen LogP contribution < -0.4 is 21.1 Å². The largest absolute Gasteiger partial charge is 0.495 e. The van der Waals surface area contributed by atoms with E-state index in [0.29, 0.717) is 18.9 Å². The van der Waals surface area contributed by atoms with Gasteiger partial charge in [-0.25, -0.2) is 9.97 Å². The number of hydrogen-bond acceptors (Lipinski definition) is 6. The first kappa shape index (κ1) is 13.1. The highest BCUT2D eigenvalue weighted by atomic mass is 16.5. The molecule has 6 nitrogen and oxygen atoms in total. The number of para-hydroxylation sites is 2. The van der Waals surface area contributed by atoms with Gasteiger partial charge in [0, 0.05) is 19.2 Å². The molecular formula is C13H17N5O. The van der Waals surface area contributed by atoms with Gasteiger partial charge in [-0.3, -0.25) is 0 Å². The van der Waals surface area contributed by atoms with E-state index in [0.717, 1.165) is 17.3 Å². The van der Waals surface area contributed by atoms with Crippen LogP contribution in [-0.2, 0) is 0 Å². The summed E-state index contributed by atoms with van der Waals surface area (Å²) in [4.78, 5) is 8.28. The van der Waals surface area contributed by atoms with Crippen molar-refractivity contribution in [3.8, 4) is 5.75 Å². The summed E-state index contributed by atoms with van der Waals surface area (Å²) in [7, 11) is 1.63. The Hall–Kier alpha value is -2.34. The van der Waals surface area contributed by atoms with E-state index in [1.165, 1.54) is 6.33 Å². The van der Waals surface area contributed by atoms with Gasteiger partial charge in [0.1, 0.15) is 23.7 Å². The molecule has 0 unspecified atom stereocenters. The lowest BCUT2D eigenvalue weighted by atomic mass is 10.3. The molecule has 0 amide bonds. The fourth-order valence-corrected chi connectivity index (χ4v) is 1.61. The summed E-state index contributed by atoms with van der Waals surface area (Å²) in [6, 6.07) is 9.48. The van der Waals surface area contributed by atoms with Crippen molar-refractivity contribution in [2.24, 2.45) is 5.73 Å². The molecule has 100 valence electrons. The van der Waals surface area contributed by atoms with Crippen molar-refractivity contribution >= 4 is 17.3 Å². The maximum atomic E-state index is 5.44. The lowest BCUT2D eigenvalue weighted by Crippen LogP contribution is -2.14. The molecule has 2 aromatic rings. The van der Waals surface area contributed by atoms with Crippen molar-refractivity contribution in [1.29, 1.82) is 0 Å². The van der Waals surface area contributed by atoms with Crippen molar-refractivity contribution in [3.05, 3.63) is 36.7 Å². The highest BCUT2D eigenvalue weighted by Gasteiger charge is 2.03. The minimum atomic E-state index is 0.555. The Bertz CT molecular complexity index is 532. The van der Waals surface area contributed by atoms with Crippen molar-refractivity contribution in [2.75, 3.05) is 30.8 Å². The van der Waals surface area contributed by atoms with E-state index in [-0.39, 0.29) is 0 Å². The molecule has 1 aromatic heterocycles. The number of nitrogens with one attached hydrogen (secondary N) is 2. The van der Waals surface area contributed by atoms with Crippen LogP contribution in [0.5, 0.6) is 5.75 Å². The molecule has 0 aliphatic rings. The van der Waals surface area contributed by atoms with E-state index in [1.54, 1.807) is 7.11 Å². The molecular weight excluding hydrogens is 242 g/mol. The first-order chi connectivity index (χ1) is 9.33. The third-order valence-electron chi connectivity index (χ3n) is 2.49. The van der Waals surface area contributed by atoms with Crippen LogP contribution in [0.15, 0.2) is 36.7 Å². The predicted molar refractivity (Wildman–Crippen MR) is 75.9 cm³/mol. The molecule has 0 aliphatic heterocycles. The molecule has 0 radical (unpaired) electrons. The van der Waals surface area contributed by atoms with E-state index in [9.17, 15) is 0 Å². The van der Waals surface area contributed by atoms with Crippen LogP contribution in [0.25, 0.3) is 0 Å². The number of benzene rings is 1. The lowest BCUT2D eigenvalue weighted by molar-refractivity contribution is 0.417. The SMILES string of the molecule is COc1ccccc1Nc1cc(NCCN)ncn1. The standard InChI is InChI=1S/C13H17N5O/c1-19-11-5-3-2-4-10(11)18-13-8-12(15-7-6-14)16-9-17-13/h2-5,8-9H,6-7,14H2,1H3,(H2,15,16,17,18). The lowest BCUT2D eigenvalue weighted by Gasteiger charge is -2.11. The monoisotopic (exact) mass is 259 g/mol. The molecule has 1 aromatic carbocycles. The third-order valence-corrected chi connectivity index (χ3v) is 2.49. The van der Waals surface area contributed by atoms with E-state index in [2.05, 4.69) is 20.6 Å². The summed E-state index contributed by atoms with van der Waals surface area (Å²) in [6.07, 6.45) is 1.50. The summed E-state index contributed by atoms with van der Waals surface area (Å²) in [5.41, 5.74) is 6.29. The number of methoxy groups -OCH3 is 1. The van der Waals surface area contributed by atoms with Gasteiger partial charge in [-0.05, 0) is 12.1 Å². The van der Waals surface area contributed by atoms with Crippen LogP contribution in [0.4, 0.5) is 17.3 Å². The maximum absolute atomic E-state index is 5.44. The second-order valence-corrected chi connectivity index (χ2v) is 3.83. The van der Waals surface area contributed by atoms with Crippen molar-refractivity contribution in [2.45, 2.75) is 0 Å². The summed E-state index contributed by atoms with van der Waals surface area (Å²) >= 11 is 0. The Morgan fingerprint density at radius 1 is 1.21 bits per heavy atom. The molecule has 0 saturated carbocycles.